The minimum Gasteiger partial charge on any atom is -0.493 e. The Bertz CT molecular complexity index is 1740. The van der Waals surface area contributed by atoms with E-state index >= 15 is 0 Å². The Labute approximate surface area is 331 Å². The number of rotatable bonds is 7. The number of sulfonamides is 1. The first-order valence-corrected chi connectivity index (χ1v) is 21.8. The summed E-state index contributed by atoms with van der Waals surface area (Å²) in [5.74, 6) is -1.38. The molecule has 0 radical (unpaired) electrons. The minimum atomic E-state index is -3.88. The first kappa shape index (κ1) is 42.1. The first-order valence-electron chi connectivity index (χ1n) is 20.3. The van der Waals surface area contributed by atoms with Gasteiger partial charge in [0.25, 0.3) is 5.91 Å². The van der Waals surface area contributed by atoms with Crippen LogP contribution in [0.2, 0.25) is 0 Å². The predicted molar refractivity (Wildman–Crippen MR) is 206 cm³/mol. The lowest BCUT2D eigenvalue weighted by Crippen LogP contribution is -2.59. The van der Waals surface area contributed by atoms with Crippen LogP contribution in [0, 0.1) is 22.7 Å². The van der Waals surface area contributed by atoms with E-state index in [4.69, 9.17) is 14.2 Å². The smallest absolute Gasteiger partial charge is 0.407 e. The topological polar surface area (TPSA) is 193 Å². The van der Waals surface area contributed by atoms with Crippen molar-refractivity contribution in [3.8, 4) is 5.75 Å². The number of benzene rings is 1. The van der Waals surface area contributed by atoms with Crippen molar-refractivity contribution in [1.29, 1.82) is 0 Å². The molecule has 8 atom stereocenters. The van der Waals surface area contributed by atoms with E-state index in [0.29, 0.717) is 39.0 Å². The van der Waals surface area contributed by atoms with Crippen LogP contribution in [0.15, 0.2) is 18.2 Å². The van der Waals surface area contributed by atoms with Gasteiger partial charge in [0.05, 0.1) is 24.6 Å². The van der Waals surface area contributed by atoms with Crippen molar-refractivity contribution in [2.75, 3.05) is 19.8 Å². The number of fused-ring (bicyclic) bond motifs is 3. The number of alkyl carbamates (subject to hydrolysis) is 1. The van der Waals surface area contributed by atoms with E-state index in [1.165, 1.54) is 4.90 Å². The molecule has 0 spiro atoms. The van der Waals surface area contributed by atoms with Gasteiger partial charge in [0.15, 0.2) is 0 Å². The van der Waals surface area contributed by atoms with Crippen LogP contribution in [0.3, 0.4) is 0 Å². The van der Waals surface area contributed by atoms with Crippen molar-refractivity contribution >= 4 is 33.8 Å². The second-order valence-corrected chi connectivity index (χ2v) is 20.2. The number of ether oxygens (including phenoxy) is 3. The van der Waals surface area contributed by atoms with E-state index in [2.05, 4.69) is 15.4 Å². The highest BCUT2D eigenvalue weighted by atomic mass is 32.2. The summed E-state index contributed by atoms with van der Waals surface area (Å²) < 4.78 is 45.8. The fourth-order valence-corrected chi connectivity index (χ4v) is 9.49. The molecule has 4 N–H and O–H groups in total. The molecule has 3 heterocycles. The van der Waals surface area contributed by atoms with Gasteiger partial charge in [0.2, 0.25) is 28.3 Å². The minimum absolute atomic E-state index is 0.0180. The van der Waals surface area contributed by atoms with Gasteiger partial charge in [0.1, 0.15) is 23.9 Å². The standard InChI is InChI=1S/C40H61N5O10S/c1-7-24-18-28(24)32(35(47)43-56(51,52)27-14-15-27)41-34(46)30-19-26-21-45(30)36(48)33(39(2,3)4)42-37(49)54-23-40(5,6)16-9-8-10-17-53-31-13-11-12-25-20-44(22-29(25)31)38(50)55-26/h11-13,24,26-28,30,32-33,38,50H,7-10,14-23H2,1-6H3,(H,41,46)(H,42,49)(H,43,47). The summed E-state index contributed by atoms with van der Waals surface area (Å²) >= 11 is 0. The number of amides is 4. The Morgan fingerprint density at radius 1 is 1.07 bits per heavy atom. The monoisotopic (exact) mass is 803 g/mol. The van der Waals surface area contributed by atoms with Crippen LogP contribution >= 0.6 is 0 Å². The number of aliphatic hydroxyl groups is 1. The fraction of sp³-hybridized carbons (Fsp3) is 0.750. The van der Waals surface area contributed by atoms with Gasteiger partial charge in [-0.1, -0.05) is 72.9 Å². The molecule has 56 heavy (non-hydrogen) atoms. The Balaban J connectivity index is 1.26. The van der Waals surface area contributed by atoms with Gasteiger partial charge in [0, 0.05) is 31.6 Å². The van der Waals surface area contributed by atoms with Crippen LogP contribution < -0.4 is 20.1 Å². The third-order valence-corrected chi connectivity index (χ3v) is 13.7. The lowest BCUT2D eigenvalue weighted by Gasteiger charge is -2.35. The molecule has 1 aromatic carbocycles. The highest BCUT2D eigenvalue weighted by molar-refractivity contribution is 7.90. The lowest BCUT2D eigenvalue weighted by molar-refractivity contribution is -0.218. The Hall–Kier alpha value is -3.47. The van der Waals surface area contributed by atoms with Crippen molar-refractivity contribution in [3.63, 3.8) is 0 Å². The summed E-state index contributed by atoms with van der Waals surface area (Å²) in [5.41, 5.74) is 0.844. The second kappa shape index (κ2) is 16.8. The zero-order valence-electron chi connectivity index (χ0n) is 33.7. The van der Waals surface area contributed by atoms with Crippen molar-refractivity contribution in [1.82, 2.24) is 25.2 Å². The van der Waals surface area contributed by atoms with Gasteiger partial charge < -0.3 is 34.9 Å². The molecule has 3 fully saturated rings. The highest BCUT2D eigenvalue weighted by Crippen LogP contribution is 2.44. The second-order valence-electron chi connectivity index (χ2n) is 18.2. The normalized spacial score (nSPS) is 30.8. The zero-order chi connectivity index (χ0) is 40.6. The maximum absolute atomic E-state index is 14.6. The average molecular weight is 804 g/mol. The predicted octanol–water partition coefficient (Wildman–Crippen LogP) is 3.52. The fourth-order valence-electron chi connectivity index (χ4n) is 8.16. The molecule has 1 aromatic rings. The molecule has 16 heteroatoms. The first-order chi connectivity index (χ1) is 26.4. The van der Waals surface area contributed by atoms with Crippen LogP contribution in [-0.4, -0.2) is 103 Å². The molecule has 312 valence electrons. The summed E-state index contributed by atoms with van der Waals surface area (Å²) in [6.45, 7) is 12.8. The number of carbonyl (C=O) groups is 4. The molecule has 3 aliphatic heterocycles. The van der Waals surface area contributed by atoms with Crippen LogP contribution in [0.5, 0.6) is 5.75 Å². The third kappa shape index (κ3) is 10.1. The average Bonchev–Trinajstić information content (AvgIpc) is 4.04. The van der Waals surface area contributed by atoms with E-state index < -0.39 is 75.1 Å². The molecule has 2 saturated carbocycles. The summed E-state index contributed by atoms with van der Waals surface area (Å²) in [4.78, 5) is 58.9. The molecule has 0 aromatic heterocycles. The number of cyclic esters (lactones) is 1. The van der Waals surface area contributed by atoms with E-state index in [-0.39, 0.29) is 36.8 Å². The van der Waals surface area contributed by atoms with Crippen molar-refractivity contribution in [2.45, 2.75) is 148 Å². The molecule has 4 amide bonds. The molecule has 6 rings (SSSR count). The number of aliphatic hydroxyl groups excluding tert-OH is 1. The maximum atomic E-state index is 14.6. The number of hydrogen-bond donors (Lipinski definition) is 4. The largest absolute Gasteiger partial charge is 0.493 e. The molecular weight excluding hydrogens is 743 g/mol. The number of nitrogens with one attached hydrogen (secondary N) is 3. The highest BCUT2D eigenvalue weighted by Gasteiger charge is 2.51. The van der Waals surface area contributed by atoms with Crippen molar-refractivity contribution in [2.24, 2.45) is 22.7 Å². The summed E-state index contributed by atoms with van der Waals surface area (Å²) in [5, 5.41) is 16.4. The van der Waals surface area contributed by atoms with Crippen LogP contribution in [0.25, 0.3) is 0 Å². The van der Waals surface area contributed by atoms with Gasteiger partial charge in [-0.2, -0.15) is 0 Å². The van der Waals surface area contributed by atoms with Crippen molar-refractivity contribution < 1.29 is 46.9 Å². The van der Waals surface area contributed by atoms with Gasteiger partial charge in [-0.05, 0) is 66.4 Å². The summed E-state index contributed by atoms with van der Waals surface area (Å²) in [6.07, 6.45) is 2.88. The SMILES string of the molecule is CCC1CC1C(NC(=O)C1CC2CN1C(=O)C(C(C)(C)C)NC(=O)OCC(C)(C)CCCCCOc1cccc3c1CN(C3)C(O)O2)C(=O)NS(=O)(=O)C1CC1. The van der Waals surface area contributed by atoms with Crippen LogP contribution in [0.1, 0.15) is 110 Å². The zero-order valence-corrected chi connectivity index (χ0v) is 34.5. The van der Waals surface area contributed by atoms with Gasteiger partial charge >= 0.3 is 6.09 Å². The Kier molecular flexibility index (Phi) is 12.6. The van der Waals surface area contributed by atoms with Gasteiger partial charge in [-0.3, -0.25) is 19.1 Å². The quantitative estimate of drug-likeness (QED) is 0.315. The van der Waals surface area contributed by atoms with Crippen molar-refractivity contribution in [3.05, 3.63) is 29.3 Å². The summed E-state index contributed by atoms with van der Waals surface area (Å²) in [6, 6.07) is 2.44. The third-order valence-electron chi connectivity index (χ3n) is 11.9. The molecule has 2 aliphatic carbocycles. The number of hydrogen-bond acceptors (Lipinski definition) is 11. The molecule has 8 unspecified atom stereocenters. The Morgan fingerprint density at radius 2 is 1.82 bits per heavy atom. The maximum Gasteiger partial charge on any atom is 0.407 e. The van der Waals surface area contributed by atoms with Crippen LogP contribution in [0.4, 0.5) is 4.79 Å². The molecular formula is C40H61N5O10S. The van der Waals surface area contributed by atoms with Gasteiger partial charge in [-0.25, -0.2) is 18.1 Å². The van der Waals surface area contributed by atoms with E-state index in [1.807, 2.05) is 39.0 Å². The van der Waals surface area contributed by atoms with Crippen LogP contribution in [-0.2, 0) is 47.0 Å². The number of nitrogens with zero attached hydrogens (tertiary/aromatic N) is 2. The molecule has 5 aliphatic rings. The lowest BCUT2D eigenvalue weighted by atomic mass is 9.85. The molecule has 4 bridgehead atoms. The molecule has 1 saturated heterocycles. The summed E-state index contributed by atoms with van der Waals surface area (Å²) in [7, 11) is -3.88. The Morgan fingerprint density at radius 3 is 2.50 bits per heavy atom. The number of carbonyl (C=O) groups excluding carboxylic acids is 4. The van der Waals surface area contributed by atoms with E-state index in [9.17, 15) is 32.7 Å². The van der Waals surface area contributed by atoms with E-state index in [0.717, 1.165) is 49.0 Å². The van der Waals surface area contributed by atoms with E-state index in [1.54, 1.807) is 25.7 Å². The molecule has 15 nitrogen and oxygen atoms in total. The van der Waals surface area contributed by atoms with Gasteiger partial charge in [-0.15, -0.1) is 0 Å².